The Morgan fingerprint density at radius 3 is 2.63 bits per heavy atom. The van der Waals surface area contributed by atoms with Crippen LogP contribution in [0.5, 0.6) is 11.6 Å². The summed E-state index contributed by atoms with van der Waals surface area (Å²) in [4.78, 5) is 14.4. The summed E-state index contributed by atoms with van der Waals surface area (Å²) in [5, 5.41) is 10.8. The van der Waals surface area contributed by atoms with Crippen LogP contribution in [0.25, 0.3) is 0 Å². The van der Waals surface area contributed by atoms with Gasteiger partial charge in [-0.25, -0.2) is 4.98 Å². The molecule has 1 aromatic heterocycles. The summed E-state index contributed by atoms with van der Waals surface area (Å²) in [6.45, 7) is 3.47. The number of rotatable bonds is 3. The number of nitrogens with zero attached hydrogens (tertiary/aromatic N) is 2. The fourth-order valence-electron chi connectivity index (χ4n) is 1.65. The quantitative estimate of drug-likeness (QED) is 0.519. The number of nitro groups is 1. The van der Waals surface area contributed by atoms with Crippen LogP contribution in [-0.4, -0.2) is 9.91 Å². The Labute approximate surface area is 110 Å². The highest BCUT2D eigenvalue weighted by Gasteiger charge is 2.13. The third-order valence-corrected chi connectivity index (χ3v) is 2.66. The molecule has 0 spiro atoms. The Kier molecular flexibility index (Phi) is 3.33. The average Bonchev–Trinajstić information content (AvgIpc) is 2.34. The molecule has 0 bridgehead atoms. The van der Waals surface area contributed by atoms with Crippen LogP contribution in [0, 0.1) is 24.0 Å². The highest BCUT2D eigenvalue weighted by atomic mass is 16.6. The van der Waals surface area contributed by atoms with E-state index in [-0.39, 0.29) is 11.6 Å². The fourth-order valence-corrected chi connectivity index (χ4v) is 1.65. The molecule has 2 rings (SSSR count). The molecule has 2 aromatic rings. The molecule has 1 heterocycles. The molecule has 6 heteroatoms. The van der Waals surface area contributed by atoms with Crippen molar-refractivity contribution in [1.82, 2.24) is 4.98 Å². The Balaban J connectivity index is 2.33. The highest BCUT2D eigenvalue weighted by molar-refractivity contribution is 5.49. The van der Waals surface area contributed by atoms with Crippen LogP contribution in [0.1, 0.15) is 11.1 Å². The molecule has 0 amide bonds. The molecule has 0 fully saturated rings. The second kappa shape index (κ2) is 4.93. The van der Waals surface area contributed by atoms with Gasteiger partial charge in [0.2, 0.25) is 5.88 Å². The first-order valence-electron chi connectivity index (χ1n) is 5.62. The van der Waals surface area contributed by atoms with Gasteiger partial charge in [-0.1, -0.05) is 0 Å². The number of ether oxygens (including phenoxy) is 1. The van der Waals surface area contributed by atoms with Crippen molar-refractivity contribution in [3.8, 4) is 11.6 Å². The number of hydrogen-bond acceptors (Lipinski definition) is 5. The van der Waals surface area contributed by atoms with Crippen LogP contribution < -0.4 is 10.5 Å². The van der Waals surface area contributed by atoms with Crippen LogP contribution in [0.2, 0.25) is 0 Å². The molecule has 0 aliphatic carbocycles. The number of pyridine rings is 1. The molecule has 2 N–H and O–H groups in total. The zero-order valence-electron chi connectivity index (χ0n) is 10.6. The Hall–Kier alpha value is -2.63. The Morgan fingerprint density at radius 1 is 1.26 bits per heavy atom. The molecule has 0 aliphatic rings. The Morgan fingerprint density at radius 2 is 2.00 bits per heavy atom. The third kappa shape index (κ3) is 2.79. The lowest BCUT2D eigenvalue weighted by molar-refractivity contribution is -0.385. The summed E-state index contributed by atoms with van der Waals surface area (Å²) in [7, 11) is 0. The number of aryl methyl sites for hydroxylation is 2. The first-order valence-corrected chi connectivity index (χ1v) is 5.62. The van der Waals surface area contributed by atoms with Gasteiger partial charge in [-0.2, -0.15) is 0 Å². The van der Waals surface area contributed by atoms with E-state index in [4.69, 9.17) is 10.5 Å². The smallest absolute Gasteiger partial charge is 0.279 e. The third-order valence-electron chi connectivity index (χ3n) is 2.66. The number of nitrogens with two attached hydrogens (primary N) is 1. The molecule has 98 valence electrons. The minimum atomic E-state index is -0.459. The van der Waals surface area contributed by atoms with Gasteiger partial charge in [0, 0.05) is 17.4 Å². The number of nitrogen functional groups attached to an aromatic ring is 1. The van der Waals surface area contributed by atoms with Crippen molar-refractivity contribution < 1.29 is 9.66 Å². The maximum Gasteiger partial charge on any atom is 0.279 e. The topological polar surface area (TPSA) is 91.3 Å². The zero-order chi connectivity index (χ0) is 14.0. The first-order chi connectivity index (χ1) is 8.97. The lowest BCUT2D eigenvalue weighted by Gasteiger charge is -2.08. The van der Waals surface area contributed by atoms with E-state index < -0.39 is 4.92 Å². The molecule has 19 heavy (non-hydrogen) atoms. The van der Waals surface area contributed by atoms with E-state index >= 15 is 0 Å². The van der Waals surface area contributed by atoms with E-state index in [0.717, 1.165) is 5.56 Å². The van der Waals surface area contributed by atoms with Crippen LogP contribution >= 0.6 is 0 Å². The van der Waals surface area contributed by atoms with Gasteiger partial charge in [-0.05, 0) is 37.6 Å². The van der Waals surface area contributed by atoms with Crippen molar-refractivity contribution in [1.29, 1.82) is 0 Å². The van der Waals surface area contributed by atoms with Crippen molar-refractivity contribution in [2.45, 2.75) is 13.8 Å². The maximum absolute atomic E-state index is 10.8. The van der Waals surface area contributed by atoms with Gasteiger partial charge < -0.3 is 10.5 Å². The summed E-state index contributed by atoms with van der Waals surface area (Å²) in [6, 6.07) is 6.48. The normalized spacial score (nSPS) is 10.2. The predicted octanol–water partition coefficient (Wildman–Crippen LogP) is 2.98. The first kappa shape index (κ1) is 12.8. The monoisotopic (exact) mass is 259 g/mol. The van der Waals surface area contributed by atoms with Gasteiger partial charge in [0.1, 0.15) is 5.75 Å². The number of anilines is 1. The zero-order valence-corrected chi connectivity index (χ0v) is 10.6. The molecular weight excluding hydrogens is 246 g/mol. The second-order valence-electron chi connectivity index (χ2n) is 4.19. The fraction of sp³-hybridized carbons (Fsp3) is 0.154. The molecule has 1 aromatic carbocycles. The molecule has 0 atom stereocenters. The minimum Gasteiger partial charge on any atom is -0.438 e. The van der Waals surface area contributed by atoms with Crippen molar-refractivity contribution in [2.75, 3.05) is 5.73 Å². The van der Waals surface area contributed by atoms with Gasteiger partial charge in [-0.3, -0.25) is 10.1 Å². The summed E-state index contributed by atoms with van der Waals surface area (Å²) in [5.74, 6) is 0.755. The number of benzene rings is 1. The van der Waals surface area contributed by atoms with Crippen molar-refractivity contribution in [3.63, 3.8) is 0 Å². The molecule has 0 aliphatic heterocycles. The average molecular weight is 259 g/mol. The maximum atomic E-state index is 10.8. The van der Waals surface area contributed by atoms with Crippen LogP contribution in [0.4, 0.5) is 11.4 Å². The van der Waals surface area contributed by atoms with E-state index in [1.165, 1.54) is 12.3 Å². The largest absolute Gasteiger partial charge is 0.438 e. The molecular formula is C13H13N3O3. The van der Waals surface area contributed by atoms with E-state index in [1.54, 1.807) is 25.1 Å². The summed E-state index contributed by atoms with van der Waals surface area (Å²) in [5.41, 5.74) is 7.59. The van der Waals surface area contributed by atoms with Crippen LogP contribution in [-0.2, 0) is 0 Å². The van der Waals surface area contributed by atoms with Gasteiger partial charge in [-0.15, -0.1) is 0 Å². The van der Waals surface area contributed by atoms with E-state index in [9.17, 15) is 10.1 Å². The summed E-state index contributed by atoms with van der Waals surface area (Å²) >= 11 is 0. The molecule has 6 nitrogen and oxygen atoms in total. The number of aromatic nitrogens is 1. The lowest BCUT2D eigenvalue weighted by Crippen LogP contribution is -1.96. The number of hydrogen-bond donors (Lipinski definition) is 1. The van der Waals surface area contributed by atoms with E-state index in [2.05, 4.69) is 4.98 Å². The molecule has 0 saturated heterocycles. The predicted molar refractivity (Wildman–Crippen MR) is 71.3 cm³/mol. The molecule has 0 radical (unpaired) electrons. The Bertz CT molecular complexity index is 641. The minimum absolute atomic E-state index is 0.0156. The van der Waals surface area contributed by atoms with E-state index in [0.29, 0.717) is 17.0 Å². The lowest BCUT2D eigenvalue weighted by atomic mass is 10.2. The SMILES string of the molecule is Cc1cc(N)ccc1Oc1cc([N+](=O)[O-])c(C)cn1. The van der Waals surface area contributed by atoms with Gasteiger partial charge in [0.05, 0.1) is 11.0 Å². The van der Waals surface area contributed by atoms with Crippen LogP contribution in [0.3, 0.4) is 0 Å². The standard InChI is InChI=1S/C13H13N3O3/c1-8-5-10(14)3-4-12(8)19-13-6-11(16(17)18)9(2)7-15-13/h3-7H,14H2,1-2H3. The van der Waals surface area contributed by atoms with Crippen molar-refractivity contribution >= 4 is 11.4 Å². The summed E-state index contributed by atoms with van der Waals surface area (Å²) < 4.78 is 5.54. The summed E-state index contributed by atoms with van der Waals surface area (Å²) in [6.07, 6.45) is 1.42. The van der Waals surface area contributed by atoms with Crippen LogP contribution in [0.15, 0.2) is 30.5 Å². The highest BCUT2D eigenvalue weighted by Crippen LogP contribution is 2.28. The van der Waals surface area contributed by atoms with Crippen molar-refractivity contribution in [3.05, 3.63) is 51.7 Å². The second-order valence-corrected chi connectivity index (χ2v) is 4.19. The van der Waals surface area contributed by atoms with Gasteiger partial charge in [0.15, 0.2) is 0 Å². The van der Waals surface area contributed by atoms with Gasteiger partial charge >= 0.3 is 0 Å². The van der Waals surface area contributed by atoms with Gasteiger partial charge in [0.25, 0.3) is 5.69 Å². The molecule has 0 saturated carbocycles. The van der Waals surface area contributed by atoms with E-state index in [1.807, 2.05) is 6.92 Å². The van der Waals surface area contributed by atoms with Crippen molar-refractivity contribution in [2.24, 2.45) is 0 Å². The molecule has 0 unspecified atom stereocenters.